The number of aryl methyl sites for hydroxylation is 1. The van der Waals surface area contributed by atoms with Crippen molar-refractivity contribution < 1.29 is 9.53 Å². The van der Waals surface area contributed by atoms with E-state index < -0.39 is 5.60 Å². The summed E-state index contributed by atoms with van der Waals surface area (Å²) >= 11 is 0. The van der Waals surface area contributed by atoms with Crippen molar-refractivity contribution in [2.24, 2.45) is 4.99 Å². The Kier molecular flexibility index (Phi) is 4.88. The Morgan fingerprint density at radius 1 is 1.28 bits per heavy atom. The maximum absolute atomic E-state index is 12.3. The molecule has 1 atom stereocenters. The molecule has 2 aliphatic heterocycles. The molecule has 6 heteroatoms. The molecule has 0 spiro atoms. The van der Waals surface area contributed by atoms with Crippen LogP contribution in [0, 0.1) is 6.92 Å². The smallest absolute Gasteiger partial charge is 0.410 e. The lowest BCUT2D eigenvalue weighted by molar-refractivity contribution is 0.0137. The van der Waals surface area contributed by atoms with E-state index in [0.29, 0.717) is 13.1 Å². The molecular formula is C19H28N4O2. The van der Waals surface area contributed by atoms with Crippen LogP contribution in [-0.2, 0) is 11.3 Å². The standard InChI is InChI=1S/C19H28N4O2/c1-14-5-7-15(8-6-14)11-20-17-21-12-16-13-22(9-10-23(16)17)18(24)25-19(2,3)4/h5-8,16H,9-13H2,1-4H3,(H,20,21). The predicted molar refractivity (Wildman–Crippen MR) is 98.6 cm³/mol. The molecule has 1 N–H and O–H groups in total. The number of piperazine rings is 1. The molecule has 1 aromatic rings. The average Bonchev–Trinajstić information content (AvgIpc) is 2.95. The van der Waals surface area contributed by atoms with Crippen LogP contribution in [0.3, 0.4) is 0 Å². The van der Waals surface area contributed by atoms with Gasteiger partial charge in [-0.15, -0.1) is 0 Å². The minimum absolute atomic E-state index is 0.229. The van der Waals surface area contributed by atoms with E-state index in [9.17, 15) is 4.79 Å². The largest absolute Gasteiger partial charge is 0.444 e. The fourth-order valence-electron chi connectivity index (χ4n) is 3.11. The van der Waals surface area contributed by atoms with E-state index in [2.05, 4.69) is 46.4 Å². The number of ether oxygens (including phenoxy) is 1. The molecule has 2 heterocycles. The average molecular weight is 344 g/mol. The van der Waals surface area contributed by atoms with Gasteiger partial charge in [0, 0.05) is 26.2 Å². The SMILES string of the molecule is Cc1ccc(CNC2=NCC3CN(C(=O)OC(C)(C)C)CCN23)cc1. The third kappa shape index (κ3) is 4.44. The number of nitrogens with one attached hydrogen (secondary N) is 1. The first-order valence-electron chi connectivity index (χ1n) is 8.90. The van der Waals surface area contributed by atoms with E-state index in [-0.39, 0.29) is 12.1 Å². The Morgan fingerprint density at radius 3 is 2.68 bits per heavy atom. The third-order valence-corrected chi connectivity index (χ3v) is 4.43. The lowest BCUT2D eigenvalue weighted by Gasteiger charge is -2.39. The number of hydrogen-bond acceptors (Lipinski definition) is 5. The summed E-state index contributed by atoms with van der Waals surface area (Å²) in [6, 6.07) is 8.75. The van der Waals surface area contributed by atoms with E-state index in [1.807, 2.05) is 20.8 Å². The van der Waals surface area contributed by atoms with Gasteiger partial charge in [0.1, 0.15) is 5.60 Å². The summed E-state index contributed by atoms with van der Waals surface area (Å²) in [5.41, 5.74) is 2.05. The molecule has 25 heavy (non-hydrogen) atoms. The highest BCUT2D eigenvalue weighted by molar-refractivity contribution is 5.82. The van der Waals surface area contributed by atoms with E-state index in [1.54, 1.807) is 4.90 Å². The van der Waals surface area contributed by atoms with Gasteiger partial charge in [-0.05, 0) is 33.3 Å². The highest BCUT2D eigenvalue weighted by Crippen LogP contribution is 2.18. The molecule has 0 aliphatic carbocycles. The van der Waals surface area contributed by atoms with E-state index in [0.717, 1.165) is 25.6 Å². The van der Waals surface area contributed by atoms with Crippen LogP contribution in [0.5, 0.6) is 0 Å². The molecule has 1 aromatic carbocycles. The normalized spacial score (nSPS) is 20.2. The first-order valence-corrected chi connectivity index (χ1v) is 8.90. The monoisotopic (exact) mass is 344 g/mol. The Morgan fingerprint density at radius 2 is 2.00 bits per heavy atom. The number of guanidine groups is 1. The zero-order chi connectivity index (χ0) is 18.0. The van der Waals surface area contributed by atoms with Crippen molar-refractivity contribution in [3.63, 3.8) is 0 Å². The molecule has 1 saturated heterocycles. The minimum Gasteiger partial charge on any atom is -0.444 e. The summed E-state index contributed by atoms with van der Waals surface area (Å²) < 4.78 is 5.48. The number of nitrogens with zero attached hydrogens (tertiary/aromatic N) is 3. The first-order chi connectivity index (χ1) is 11.8. The molecule has 1 amide bonds. The fourth-order valence-corrected chi connectivity index (χ4v) is 3.11. The Labute approximate surface area is 149 Å². The second-order valence-corrected chi connectivity index (χ2v) is 7.78. The highest BCUT2D eigenvalue weighted by Gasteiger charge is 2.36. The summed E-state index contributed by atoms with van der Waals surface area (Å²) in [6.07, 6.45) is -0.229. The van der Waals surface area contributed by atoms with Gasteiger partial charge >= 0.3 is 6.09 Å². The number of rotatable bonds is 2. The predicted octanol–water partition coefficient (Wildman–Crippen LogP) is 2.38. The molecule has 136 valence electrons. The number of amides is 1. The Balaban J connectivity index is 1.52. The summed E-state index contributed by atoms with van der Waals surface area (Å²) in [6.45, 7) is 11.4. The lowest BCUT2D eigenvalue weighted by Crippen LogP contribution is -2.57. The number of hydrogen-bond donors (Lipinski definition) is 1. The van der Waals surface area contributed by atoms with E-state index in [4.69, 9.17) is 4.74 Å². The maximum Gasteiger partial charge on any atom is 0.410 e. The topological polar surface area (TPSA) is 57.2 Å². The molecule has 0 aromatic heterocycles. The van der Waals surface area contributed by atoms with Gasteiger partial charge in [0.05, 0.1) is 12.6 Å². The van der Waals surface area contributed by atoms with Crippen molar-refractivity contribution in [1.82, 2.24) is 15.1 Å². The Bertz CT molecular complexity index is 648. The number of aliphatic imine (C=N–C) groups is 1. The highest BCUT2D eigenvalue weighted by atomic mass is 16.6. The molecule has 2 aliphatic rings. The quantitative estimate of drug-likeness (QED) is 0.895. The summed E-state index contributed by atoms with van der Waals surface area (Å²) in [4.78, 5) is 21.0. The second kappa shape index (κ2) is 6.94. The van der Waals surface area contributed by atoms with Crippen molar-refractivity contribution in [3.8, 4) is 0 Å². The molecule has 3 rings (SSSR count). The lowest BCUT2D eigenvalue weighted by atomic mass is 10.1. The van der Waals surface area contributed by atoms with Crippen molar-refractivity contribution in [2.75, 3.05) is 26.2 Å². The van der Waals surface area contributed by atoms with Crippen LogP contribution in [0.15, 0.2) is 29.3 Å². The molecule has 1 unspecified atom stereocenters. The van der Waals surface area contributed by atoms with Crippen LogP contribution in [-0.4, -0.2) is 59.7 Å². The minimum atomic E-state index is -0.457. The Hall–Kier alpha value is -2.24. The van der Waals surface area contributed by atoms with Crippen molar-refractivity contribution in [1.29, 1.82) is 0 Å². The maximum atomic E-state index is 12.3. The summed E-state index contributed by atoms with van der Waals surface area (Å²) in [5.74, 6) is 0.939. The third-order valence-electron chi connectivity index (χ3n) is 4.43. The van der Waals surface area contributed by atoms with Crippen molar-refractivity contribution in [2.45, 2.75) is 45.9 Å². The van der Waals surface area contributed by atoms with Gasteiger partial charge < -0.3 is 19.9 Å². The van der Waals surface area contributed by atoms with Crippen molar-refractivity contribution >= 4 is 12.1 Å². The van der Waals surface area contributed by atoms with Gasteiger partial charge in [-0.25, -0.2) is 4.79 Å². The van der Waals surface area contributed by atoms with Crippen LogP contribution < -0.4 is 5.32 Å². The van der Waals surface area contributed by atoms with Crippen LogP contribution in [0.2, 0.25) is 0 Å². The first kappa shape index (κ1) is 17.6. The second-order valence-electron chi connectivity index (χ2n) is 7.78. The molecule has 1 fully saturated rings. The van der Waals surface area contributed by atoms with Gasteiger partial charge in [0.2, 0.25) is 0 Å². The van der Waals surface area contributed by atoms with E-state index >= 15 is 0 Å². The van der Waals surface area contributed by atoms with Gasteiger partial charge in [-0.1, -0.05) is 29.8 Å². The van der Waals surface area contributed by atoms with Crippen LogP contribution in [0.4, 0.5) is 4.79 Å². The summed E-state index contributed by atoms with van der Waals surface area (Å²) in [5, 5.41) is 3.44. The molecule has 0 radical (unpaired) electrons. The van der Waals surface area contributed by atoms with Gasteiger partial charge in [-0.3, -0.25) is 4.99 Å². The number of carbonyl (C=O) groups is 1. The molecular weight excluding hydrogens is 316 g/mol. The van der Waals surface area contributed by atoms with E-state index in [1.165, 1.54) is 11.1 Å². The molecule has 0 saturated carbocycles. The molecule has 6 nitrogen and oxygen atoms in total. The van der Waals surface area contributed by atoms with Gasteiger partial charge in [-0.2, -0.15) is 0 Å². The van der Waals surface area contributed by atoms with Crippen LogP contribution in [0.1, 0.15) is 31.9 Å². The summed E-state index contributed by atoms with van der Waals surface area (Å²) in [7, 11) is 0. The van der Waals surface area contributed by atoms with Gasteiger partial charge in [0.25, 0.3) is 0 Å². The van der Waals surface area contributed by atoms with Gasteiger partial charge in [0.15, 0.2) is 5.96 Å². The number of fused-ring (bicyclic) bond motifs is 1. The molecule has 0 bridgehead atoms. The zero-order valence-electron chi connectivity index (χ0n) is 15.6. The van der Waals surface area contributed by atoms with Crippen LogP contribution in [0.25, 0.3) is 0 Å². The number of benzene rings is 1. The number of carbonyl (C=O) groups excluding carboxylic acids is 1. The van der Waals surface area contributed by atoms with Crippen molar-refractivity contribution in [3.05, 3.63) is 35.4 Å². The zero-order valence-corrected chi connectivity index (χ0v) is 15.6. The fraction of sp³-hybridized carbons (Fsp3) is 0.579. The van der Waals surface area contributed by atoms with Crippen LogP contribution >= 0.6 is 0 Å².